The number of aromatic nitrogens is 3. The minimum atomic E-state index is -0.336. The van der Waals surface area contributed by atoms with Gasteiger partial charge >= 0.3 is 0 Å². The molecule has 5 rings (SSSR count). The molecule has 3 aliphatic rings. The van der Waals surface area contributed by atoms with Crippen LogP contribution >= 0.6 is 11.3 Å². The summed E-state index contributed by atoms with van der Waals surface area (Å²) in [6, 6.07) is 0. The Kier molecular flexibility index (Phi) is 4.13. The van der Waals surface area contributed by atoms with Crippen LogP contribution in [0.3, 0.4) is 0 Å². The molecule has 2 aliphatic heterocycles. The molecule has 0 N–H and O–H groups in total. The van der Waals surface area contributed by atoms with Crippen molar-refractivity contribution in [3.63, 3.8) is 0 Å². The molecule has 0 unspecified atom stereocenters. The number of aryl methyl sites for hydroxylation is 2. The molecule has 144 valence electrons. The maximum Gasteiger partial charge on any atom is 0.266 e. The summed E-state index contributed by atoms with van der Waals surface area (Å²) in [5.41, 5.74) is 2.89. The van der Waals surface area contributed by atoms with E-state index >= 15 is 0 Å². The maximum atomic E-state index is 13.6. The molecule has 6 nitrogen and oxygen atoms in total. The molecule has 0 aromatic carbocycles. The SMILES string of the molecule is Cc1nc(CC2CC2)sc1C(=O)N1CCc2c(ncn2C)C12CCOCC2. The molecule has 4 heterocycles. The van der Waals surface area contributed by atoms with Crippen LogP contribution in [0.5, 0.6) is 0 Å². The Morgan fingerprint density at radius 1 is 1.37 bits per heavy atom. The van der Waals surface area contributed by atoms with E-state index in [1.807, 2.05) is 20.3 Å². The van der Waals surface area contributed by atoms with E-state index in [2.05, 4.69) is 9.47 Å². The summed E-state index contributed by atoms with van der Waals surface area (Å²) >= 11 is 1.60. The number of rotatable bonds is 3. The summed E-state index contributed by atoms with van der Waals surface area (Å²) in [5.74, 6) is 0.914. The van der Waals surface area contributed by atoms with Crippen molar-refractivity contribution in [1.29, 1.82) is 0 Å². The van der Waals surface area contributed by atoms with Crippen molar-refractivity contribution >= 4 is 17.2 Å². The molecule has 2 aromatic heterocycles. The van der Waals surface area contributed by atoms with Crippen LogP contribution in [0.1, 0.15) is 57.4 Å². The summed E-state index contributed by atoms with van der Waals surface area (Å²) in [6.07, 6.45) is 8.01. The zero-order valence-corrected chi connectivity index (χ0v) is 16.8. The smallest absolute Gasteiger partial charge is 0.266 e. The number of amides is 1. The molecule has 1 aliphatic carbocycles. The Balaban J connectivity index is 1.51. The van der Waals surface area contributed by atoms with Crippen molar-refractivity contribution < 1.29 is 9.53 Å². The number of thiazole rings is 1. The summed E-state index contributed by atoms with van der Waals surface area (Å²) in [4.78, 5) is 26.0. The van der Waals surface area contributed by atoms with Gasteiger partial charge < -0.3 is 14.2 Å². The number of ether oxygens (including phenoxy) is 1. The average molecular weight is 387 g/mol. The summed E-state index contributed by atoms with van der Waals surface area (Å²) < 4.78 is 7.76. The van der Waals surface area contributed by atoms with Gasteiger partial charge in [-0.25, -0.2) is 9.97 Å². The first kappa shape index (κ1) is 17.4. The van der Waals surface area contributed by atoms with Crippen LogP contribution in [-0.4, -0.2) is 45.1 Å². The van der Waals surface area contributed by atoms with E-state index in [1.165, 1.54) is 18.5 Å². The molecular formula is C20H26N4O2S. The van der Waals surface area contributed by atoms with E-state index in [-0.39, 0.29) is 11.4 Å². The normalized spacial score (nSPS) is 21.5. The number of nitrogens with zero attached hydrogens (tertiary/aromatic N) is 4. The minimum absolute atomic E-state index is 0.130. The third-order valence-corrected chi connectivity index (χ3v) is 7.52. The molecule has 1 spiro atoms. The number of carbonyl (C=O) groups is 1. The summed E-state index contributed by atoms with van der Waals surface area (Å²) in [5, 5.41) is 1.12. The fraction of sp³-hybridized carbons (Fsp3) is 0.650. The Morgan fingerprint density at radius 2 is 2.15 bits per heavy atom. The second-order valence-corrected chi connectivity index (χ2v) is 9.25. The zero-order chi connectivity index (χ0) is 18.6. The van der Waals surface area contributed by atoms with Gasteiger partial charge in [0.1, 0.15) is 4.88 Å². The van der Waals surface area contributed by atoms with Crippen molar-refractivity contribution in [1.82, 2.24) is 19.4 Å². The predicted molar refractivity (Wildman–Crippen MR) is 103 cm³/mol. The first-order valence-electron chi connectivity index (χ1n) is 9.95. The molecule has 1 amide bonds. The first-order chi connectivity index (χ1) is 13.1. The molecule has 0 radical (unpaired) electrons. The number of imidazole rings is 1. The first-order valence-corrected chi connectivity index (χ1v) is 10.8. The van der Waals surface area contributed by atoms with Gasteiger partial charge in [-0.1, -0.05) is 0 Å². The van der Waals surface area contributed by atoms with Gasteiger partial charge in [-0.3, -0.25) is 4.79 Å². The molecule has 2 fully saturated rings. The van der Waals surface area contributed by atoms with E-state index < -0.39 is 0 Å². The van der Waals surface area contributed by atoms with Crippen LogP contribution in [0, 0.1) is 12.8 Å². The van der Waals surface area contributed by atoms with E-state index in [0.717, 1.165) is 59.4 Å². The van der Waals surface area contributed by atoms with Gasteiger partial charge in [0.05, 0.1) is 28.3 Å². The van der Waals surface area contributed by atoms with Crippen molar-refractivity contribution in [3.8, 4) is 0 Å². The largest absolute Gasteiger partial charge is 0.381 e. The Hall–Kier alpha value is -1.73. The highest BCUT2D eigenvalue weighted by Crippen LogP contribution is 2.43. The van der Waals surface area contributed by atoms with Gasteiger partial charge in [0.15, 0.2) is 0 Å². The van der Waals surface area contributed by atoms with Crippen molar-refractivity contribution in [2.75, 3.05) is 19.8 Å². The Morgan fingerprint density at radius 3 is 2.89 bits per heavy atom. The van der Waals surface area contributed by atoms with Crippen LogP contribution in [0.2, 0.25) is 0 Å². The standard InChI is InChI=1S/C20H26N4O2S/c1-13-17(27-16(22-13)11-14-3-4-14)19(25)24-8-5-15-18(21-12-23(15)2)20(24)6-9-26-10-7-20/h12,14H,3-11H2,1-2H3. The third kappa shape index (κ3) is 2.83. The van der Waals surface area contributed by atoms with Gasteiger partial charge in [-0.05, 0) is 38.5 Å². The minimum Gasteiger partial charge on any atom is -0.381 e. The summed E-state index contributed by atoms with van der Waals surface area (Å²) in [7, 11) is 2.05. The van der Waals surface area contributed by atoms with Crippen molar-refractivity contribution in [2.45, 2.75) is 51.0 Å². The lowest BCUT2D eigenvalue weighted by Gasteiger charge is -2.48. The number of hydrogen-bond acceptors (Lipinski definition) is 5. The maximum absolute atomic E-state index is 13.6. The zero-order valence-electron chi connectivity index (χ0n) is 16.0. The molecule has 1 saturated heterocycles. The average Bonchev–Trinajstić information content (AvgIpc) is 3.28. The third-order valence-electron chi connectivity index (χ3n) is 6.35. The van der Waals surface area contributed by atoms with Crippen LogP contribution in [0.4, 0.5) is 0 Å². The number of carbonyl (C=O) groups excluding carboxylic acids is 1. The van der Waals surface area contributed by atoms with Crippen LogP contribution in [0.25, 0.3) is 0 Å². The second-order valence-electron chi connectivity index (χ2n) is 8.17. The quantitative estimate of drug-likeness (QED) is 0.814. The van der Waals surface area contributed by atoms with Crippen LogP contribution in [-0.2, 0) is 30.2 Å². The van der Waals surface area contributed by atoms with Crippen molar-refractivity contribution in [2.24, 2.45) is 13.0 Å². The van der Waals surface area contributed by atoms with E-state index in [1.54, 1.807) is 11.3 Å². The van der Waals surface area contributed by atoms with Crippen LogP contribution < -0.4 is 0 Å². The van der Waals surface area contributed by atoms with Gasteiger partial charge in [0.2, 0.25) is 0 Å². The van der Waals surface area contributed by atoms with Gasteiger partial charge in [0.25, 0.3) is 5.91 Å². The molecule has 7 heteroatoms. The molecule has 0 atom stereocenters. The number of hydrogen-bond donors (Lipinski definition) is 0. The second kappa shape index (κ2) is 6.41. The monoisotopic (exact) mass is 386 g/mol. The van der Waals surface area contributed by atoms with E-state index in [9.17, 15) is 4.79 Å². The predicted octanol–water partition coefficient (Wildman–Crippen LogP) is 2.84. The lowest BCUT2D eigenvalue weighted by molar-refractivity contribution is -0.0294. The molecule has 1 saturated carbocycles. The highest BCUT2D eigenvalue weighted by atomic mass is 32.1. The van der Waals surface area contributed by atoms with E-state index in [0.29, 0.717) is 13.2 Å². The lowest BCUT2D eigenvalue weighted by atomic mass is 9.80. The van der Waals surface area contributed by atoms with Gasteiger partial charge in [0, 0.05) is 45.3 Å². The van der Waals surface area contributed by atoms with E-state index in [4.69, 9.17) is 14.7 Å². The lowest BCUT2D eigenvalue weighted by Crippen LogP contribution is -2.56. The van der Waals surface area contributed by atoms with Crippen LogP contribution in [0.15, 0.2) is 6.33 Å². The summed E-state index contributed by atoms with van der Waals surface area (Å²) in [6.45, 7) is 4.07. The molecule has 27 heavy (non-hydrogen) atoms. The molecular weight excluding hydrogens is 360 g/mol. The highest BCUT2D eigenvalue weighted by Gasteiger charge is 2.49. The van der Waals surface area contributed by atoms with Crippen molar-refractivity contribution in [3.05, 3.63) is 33.3 Å². The Bertz CT molecular complexity index is 877. The Labute approximate surface area is 163 Å². The number of fused-ring (bicyclic) bond motifs is 2. The van der Waals surface area contributed by atoms with Gasteiger partial charge in [-0.2, -0.15) is 0 Å². The highest BCUT2D eigenvalue weighted by molar-refractivity contribution is 7.13. The van der Waals surface area contributed by atoms with Gasteiger partial charge in [-0.15, -0.1) is 11.3 Å². The fourth-order valence-electron chi connectivity index (χ4n) is 4.64. The fourth-order valence-corrected chi connectivity index (χ4v) is 5.77. The molecule has 0 bridgehead atoms. The molecule has 2 aromatic rings. The topological polar surface area (TPSA) is 60.2 Å².